The highest BCUT2D eigenvalue weighted by Crippen LogP contribution is 2.48. The molecule has 2 aromatic rings. The summed E-state index contributed by atoms with van der Waals surface area (Å²) in [4.78, 5) is 65.0. The molecule has 0 bridgehead atoms. The van der Waals surface area contributed by atoms with Gasteiger partial charge in [-0.15, -0.1) is 5.06 Å². The van der Waals surface area contributed by atoms with Crippen molar-refractivity contribution < 1.29 is 59.4 Å². The lowest BCUT2D eigenvalue weighted by molar-refractivity contribution is -0.684. The van der Waals surface area contributed by atoms with Gasteiger partial charge in [-0.3, -0.25) is 28.3 Å². The summed E-state index contributed by atoms with van der Waals surface area (Å²) in [5.41, 5.74) is 5.21. The molecule has 0 spiro atoms. The molecule has 0 atom stereocenters. The Morgan fingerprint density at radius 2 is 1.66 bits per heavy atom. The molecule has 19 heteroatoms. The highest BCUT2D eigenvalue weighted by Gasteiger charge is 2.43. The highest BCUT2D eigenvalue weighted by molar-refractivity contribution is 7.86. The fourth-order valence-electron chi connectivity index (χ4n) is 7.12. The highest BCUT2D eigenvalue weighted by atomic mass is 32.2. The van der Waals surface area contributed by atoms with Crippen LogP contribution in [0.4, 0.5) is 11.5 Å². The molecule has 1 aromatic carbocycles. The quantitative estimate of drug-likeness (QED) is 0.0350. The lowest BCUT2D eigenvalue weighted by Gasteiger charge is -2.27. The molecule has 0 radical (unpaired) electrons. The van der Waals surface area contributed by atoms with Crippen LogP contribution in [0, 0.1) is 0 Å². The predicted octanol–water partition coefficient (Wildman–Crippen LogP) is 5.53. The van der Waals surface area contributed by atoms with Crippen LogP contribution >= 0.6 is 0 Å². The van der Waals surface area contributed by atoms with Gasteiger partial charge in [0.2, 0.25) is 0 Å². The van der Waals surface area contributed by atoms with Gasteiger partial charge in [-0.25, -0.2) is 14.8 Å². The Kier molecular flexibility index (Phi) is 16.5. The zero-order chi connectivity index (χ0) is 45.2. The van der Waals surface area contributed by atoms with E-state index in [0.29, 0.717) is 54.1 Å². The number of rotatable bonds is 21. The first-order chi connectivity index (χ1) is 28.6. The Morgan fingerprint density at radius 3 is 2.31 bits per heavy atom. The SMILES string of the molecule is CCCC(=O)N(C=O)OC(=O)CCCCCONC(=O)c1cc2c([n+](CCC)c1)N=C(/C=C/C=C/C=C1/N(CCCS(=O)(=O)O)c3ccc(S(=O)(=O)O)cc3C1(C)C)C2(C)C. The molecular formula is C42H56N5O12S2+. The van der Waals surface area contributed by atoms with E-state index in [4.69, 9.17) is 14.7 Å². The van der Waals surface area contributed by atoms with Gasteiger partial charge in [0, 0.05) is 36.2 Å². The molecule has 17 nitrogen and oxygen atoms in total. The van der Waals surface area contributed by atoms with Crippen molar-refractivity contribution in [1.82, 2.24) is 10.5 Å². The van der Waals surface area contributed by atoms with E-state index in [1.807, 2.05) is 74.5 Å². The Balaban J connectivity index is 1.41. The first kappa shape index (κ1) is 48.6. The Morgan fingerprint density at radius 1 is 0.918 bits per heavy atom. The summed E-state index contributed by atoms with van der Waals surface area (Å²) in [6, 6.07) is 6.08. The Hall–Kier alpha value is -5.08. The van der Waals surface area contributed by atoms with Crippen LogP contribution in [-0.2, 0) is 61.7 Å². The average molecular weight is 887 g/mol. The van der Waals surface area contributed by atoms with Crippen LogP contribution in [0.3, 0.4) is 0 Å². The minimum atomic E-state index is -4.47. The fraction of sp³-hybridized carbons (Fsp3) is 0.476. The number of hydroxylamine groups is 3. The number of hydrogen-bond donors (Lipinski definition) is 3. The summed E-state index contributed by atoms with van der Waals surface area (Å²) in [7, 11) is -8.67. The maximum absolute atomic E-state index is 13.2. The number of aromatic nitrogens is 1. The van der Waals surface area contributed by atoms with Gasteiger partial charge in [-0.1, -0.05) is 52.3 Å². The third-order valence-corrected chi connectivity index (χ3v) is 12.0. The molecule has 2 aliphatic rings. The summed E-state index contributed by atoms with van der Waals surface area (Å²) in [5.74, 6) is -1.43. The lowest BCUT2D eigenvalue weighted by Crippen LogP contribution is -2.37. The molecule has 0 unspecified atom stereocenters. The summed E-state index contributed by atoms with van der Waals surface area (Å²) >= 11 is 0. The average Bonchev–Trinajstić information content (AvgIpc) is 3.56. The number of unbranched alkanes of at least 4 members (excludes halogenated alkanes) is 2. The molecule has 61 heavy (non-hydrogen) atoms. The van der Waals surface area contributed by atoms with Crippen LogP contribution in [-0.4, -0.2) is 79.8 Å². The second kappa shape index (κ2) is 20.7. The zero-order valence-electron chi connectivity index (χ0n) is 35.4. The fourth-order valence-corrected chi connectivity index (χ4v) is 8.12. The number of benzene rings is 1. The lowest BCUT2D eigenvalue weighted by atomic mass is 9.81. The summed E-state index contributed by atoms with van der Waals surface area (Å²) in [5, 5.41) is 0.420. The molecule has 0 aliphatic carbocycles. The molecule has 3 heterocycles. The topological polar surface area (TPSA) is 230 Å². The number of allylic oxidation sites excluding steroid dienone is 6. The maximum atomic E-state index is 13.2. The van der Waals surface area contributed by atoms with Crippen molar-refractivity contribution in [2.24, 2.45) is 4.99 Å². The molecule has 3 N–H and O–H groups in total. The number of carbonyl (C=O) groups is 4. The molecule has 332 valence electrons. The van der Waals surface area contributed by atoms with Crippen molar-refractivity contribution in [2.75, 3.05) is 23.8 Å². The molecule has 2 aliphatic heterocycles. The number of nitrogens with one attached hydrogen (secondary N) is 1. The van der Waals surface area contributed by atoms with Crippen LogP contribution in [0.2, 0.25) is 0 Å². The van der Waals surface area contributed by atoms with Gasteiger partial charge >= 0.3 is 11.8 Å². The number of anilines is 1. The largest absolute Gasteiger partial charge is 0.344 e. The van der Waals surface area contributed by atoms with Gasteiger partial charge < -0.3 is 9.74 Å². The number of carbonyl (C=O) groups excluding carboxylic acids is 4. The molecule has 0 saturated carbocycles. The van der Waals surface area contributed by atoms with Crippen molar-refractivity contribution in [3.05, 3.63) is 83.2 Å². The molecule has 0 saturated heterocycles. The minimum absolute atomic E-state index is 0.00692. The number of imide groups is 1. The van der Waals surface area contributed by atoms with Crippen molar-refractivity contribution in [3.63, 3.8) is 0 Å². The number of aryl methyl sites for hydroxylation is 1. The second-order valence-electron chi connectivity index (χ2n) is 15.8. The zero-order valence-corrected chi connectivity index (χ0v) is 37.1. The molecule has 0 fully saturated rings. The smallest absolute Gasteiger partial charge is 0.333 e. The van der Waals surface area contributed by atoms with E-state index in [9.17, 15) is 45.1 Å². The van der Waals surface area contributed by atoms with E-state index < -0.39 is 54.6 Å². The van der Waals surface area contributed by atoms with E-state index in [-0.39, 0.29) is 43.7 Å². The van der Waals surface area contributed by atoms with Gasteiger partial charge in [-0.05, 0) is 92.9 Å². The van der Waals surface area contributed by atoms with E-state index >= 15 is 0 Å². The predicted molar refractivity (Wildman–Crippen MR) is 227 cm³/mol. The number of aliphatic imine (C=N–C) groups is 1. The molecular weight excluding hydrogens is 831 g/mol. The van der Waals surface area contributed by atoms with Gasteiger partial charge in [0.15, 0.2) is 5.71 Å². The van der Waals surface area contributed by atoms with Crippen LogP contribution in [0.15, 0.2) is 76.4 Å². The van der Waals surface area contributed by atoms with E-state index in [2.05, 4.69) is 5.48 Å². The van der Waals surface area contributed by atoms with Crippen LogP contribution in [0.5, 0.6) is 0 Å². The first-order valence-electron chi connectivity index (χ1n) is 20.1. The van der Waals surface area contributed by atoms with Crippen molar-refractivity contribution in [1.29, 1.82) is 0 Å². The summed E-state index contributed by atoms with van der Waals surface area (Å²) < 4.78 is 67.8. The van der Waals surface area contributed by atoms with Gasteiger partial charge in [0.1, 0.15) is 6.20 Å². The number of amides is 3. The normalized spacial score (nSPS) is 16.2. The van der Waals surface area contributed by atoms with Gasteiger partial charge in [-0.2, -0.15) is 16.8 Å². The number of pyridine rings is 1. The van der Waals surface area contributed by atoms with Crippen LogP contribution in [0.1, 0.15) is 114 Å². The van der Waals surface area contributed by atoms with Gasteiger partial charge in [0.25, 0.3) is 38.5 Å². The van der Waals surface area contributed by atoms with Gasteiger partial charge in [0.05, 0.1) is 40.3 Å². The Labute approximate surface area is 357 Å². The van der Waals surface area contributed by atoms with E-state index in [1.54, 1.807) is 25.3 Å². The van der Waals surface area contributed by atoms with Crippen LogP contribution in [0.25, 0.3) is 0 Å². The number of hydrogen-bond acceptors (Lipinski definition) is 12. The first-order valence-corrected chi connectivity index (χ1v) is 23.2. The monoisotopic (exact) mass is 886 g/mol. The molecule has 1 aromatic heterocycles. The Bertz CT molecular complexity index is 2330. The number of fused-ring (bicyclic) bond motifs is 2. The van der Waals surface area contributed by atoms with Crippen LogP contribution < -0.4 is 14.9 Å². The maximum Gasteiger partial charge on any atom is 0.333 e. The number of nitrogens with zero attached hydrogens (tertiary/aromatic N) is 4. The molecule has 4 rings (SSSR count). The van der Waals surface area contributed by atoms with E-state index in [1.165, 1.54) is 12.1 Å². The van der Waals surface area contributed by atoms with Crippen molar-refractivity contribution >= 4 is 61.6 Å². The van der Waals surface area contributed by atoms with E-state index in [0.717, 1.165) is 29.2 Å². The summed E-state index contributed by atoms with van der Waals surface area (Å²) in [6.07, 6.45) is 14.1. The molecule has 3 amide bonds. The third-order valence-electron chi connectivity index (χ3n) is 10.3. The summed E-state index contributed by atoms with van der Waals surface area (Å²) in [6.45, 7) is 12.6. The van der Waals surface area contributed by atoms with Crippen molar-refractivity contribution in [3.8, 4) is 0 Å². The minimum Gasteiger partial charge on any atom is -0.344 e. The second-order valence-corrected chi connectivity index (χ2v) is 18.8. The van der Waals surface area contributed by atoms with Crippen molar-refractivity contribution in [2.45, 2.75) is 115 Å². The standard InChI is InChI=1S/C42H55N5O12S2/c1-7-16-37(49)47(29-48)59-38(50)19-13-10-14-24-58-44-40(51)30-26-33-39(45(28-30)22-8-2)43-35(41(33,3)4)17-11-9-12-18-36-42(5,6)32-27-31(61(55,56)57)20-21-34(32)46(36)23-15-25-60(52,53)54/h9,11-12,17-18,20-21,26-29H,7-8,10,13-16,19,22-25H2,1-6H3,(H2-,44,51,52,53,54,55,56,57)/p+1. The third kappa shape index (κ3) is 12.5.